The molecule has 0 bridgehead atoms. The van der Waals surface area contributed by atoms with Gasteiger partial charge in [-0.25, -0.2) is 8.42 Å². The molecule has 2 aliphatic rings. The smallest absolute Gasteiger partial charge is 0.243 e. The summed E-state index contributed by atoms with van der Waals surface area (Å²) in [6.07, 6.45) is 0.0296. The van der Waals surface area contributed by atoms with Gasteiger partial charge < -0.3 is 14.6 Å². The Hall–Kier alpha value is -1.31. The Balaban J connectivity index is 1.88. The van der Waals surface area contributed by atoms with Gasteiger partial charge in [0.2, 0.25) is 10.0 Å². The fraction of sp³-hybridized carbons (Fsp3) is 0.571. The Kier molecular flexibility index (Phi) is 3.81. The Bertz CT molecular complexity index is 630. The highest BCUT2D eigenvalue weighted by Gasteiger charge is 2.33. The molecule has 0 saturated carbocycles. The summed E-state index contributed by atoms with van der Waals surface area (Å²) in [6, 6.07) is 4.68. The summed E-state index contributed by atoms with van der Waals surface area (Å²) >= 11 is 0. The van der Waals surface area contributed by atoms with Crippen molar-refractivity contribution in [3.8, 4) is 11.5 Å². The van der Waals surface area contributed by atoms with Crippen molar-refractivity contribution in [1.82, 2.24) is 4.31 Å². The van der Waals surface area contributed by atoms with Crippen LogP contribution < -0.4 is 9.47 Å². The summed E-state index contributed by atoms with van der Waals surface area (Å²) in [5.74, 6) is 0.973. The molecule has 0 spiro atoms. The Morgan fingerprint density at radius 3 is 2.67 bits per heavy atom. The number of hydrogen-bond acceptors (Lipinski definition) is 5. The molecule has 2 unspecified atom stereocenters. The minimum absolute atomic E-state index is 0.0641. The van der Waals surface area contributed by atoms with Gasteiger partial charge in [-0.3, -0.25) is 0 Å². The zero-order valence-corrected chi connectivity index (χ0v) is 12.7. The van der Waals surface area contributed by atoms with E-state index in [0.29, 0.717) is 44.2 Å². The van der Waals surface area contributed by atoms with Crippen molar-refractivity contribution in [3.63, 3.8) is 0 Å². The average Bonchev–Trinajstić information content (AvgIpc) is 2.49. The number of sulfonamides is 1. The van der Waals surface area contributed by atoms with Gasteiger partial charge in [0.15, 0.2) is 11.5 Å². The van der Waals surface area contributed by atoms with E-state index in [4.69, 9.17) is 9.47 Å². The number of rotatable bonds is 2. The van der Waals surface area contributed by atoms with Gasteiger partial charge in [0.05, 0.1) is 11.0 Å². The molecular formula is C14H19NO5S. The van der Waals surface area contributed by atoms with Crippen molar-refractivity contribution in [1.29, 1.82) is 0 Å². The SMILES string of the molecule is CC1CN(S(=O)(=O)c2ccc3c(c2)OCCO3)CCC1O. The lowest BCUT2D eigenvalue weighted by atomic mass is 9.99. The van der Waals surface area contributed by atoms with Gasteiger partial charge >= 0.3 is 0 Å². The first-order valence-electron chi connectivity index (χ1n) is 7.06. The quantitative estimate of drug-likeness (QED) is 0.876. The number of aliphatic hydroxyl groups is 1. The van der Waals surface area contributed by atoms with Gasteiger partial charge in [-0.15, -0.1) is 0 Å². The Labute approximate surface area is 124 Å². The number of ether oxygens (including phenoxy) is 2. The third-order valence-corrected chi connectivity index (χ3v) is 5.84. The number of fused-ring (bicyclic) bond motifs is 1. The molecule has 21 heavy (non-hydrogen) atoms. The van der Waals surface area contributed by atoms with E-state index in [-0.39, 0.29) is 10.8 Å². The Morgan fingerprint density at radius 1 is 1.24 bits per heavy atom. The number of benzene rings is 1. The zero-order chi connectivity index (χ0) is 15.0. The highest BCUT2D eigenvalue weighted by Crippen LogP contribution is 2.34. The third-order valence-electron chi connectivity index (χ3n) is 3.97. The van der Waals surface area contributed by atoms with Crippen molar-refractivity contribution in [2.24, 2.45) is 5.92 Å². The van der Waals surface area contributed by atoms with Gasteiger partial charge in [0.25, 0.3) is 0 Å². The maximum Gasteiger partial charge on any atom is 0.243 e. The molecule has 1 N–H and O–H groups in total. The molecule has 2 atom stereocenters. The van der Waals surface area contributed by atoms with Crippen LogP contribution in [0.3, 0.4) is 0 Å². The lowest BCUT2D eigenvalue weighted by Crippen LogP contribution is -2.44. The van der Waals surface area contributed by atoms with Crippen molar-refractivity contribution in [3.05, 3.63) is 18.2 Å². The van der Waals surface area contributed by atoms with Crippen LogP contribution in [0, 0.1) is 5.92 Å². The van der Waals surface area contributed by atoms with Gasteiger partial charge in [0.1, 0.15) is 13.2 Å². The third kappa shape index (κ3) is 2.73. The maximum atomic E-state index is 12.7. The second-order valence-corrected chi connectivity index (χ2v) is 7.44. The molecule has 1 aromatic carbocycles. The molecule has 0 amide bonds. The van der Waals surface area contributed by atoms with E-state index in [1.807, 2.05) is 6.92 Å². The molecule has 6 nitrogen and oxygen atoms in total. The van der Waals surface area contributed by atoms with E-state index in [1.54, 1.807) is 12.1 Å². The van der Waals surface area contributed by atoms with E-state index in [9.17, 15) is 13.5 Å². The molecule has 0 radical (unpaired) electrons. The lowest BCUT2D eigenvalue weighted by Gasteiger charge is -2.33. The van der Waals surface area contributed by atoms with Crippen LogP contribution >= 0.6 is 0 Å². The summed E-state index contributed by atoms with van der Waals surface area (Å²) in [7, 11) is -3.57. The van der Waals surface area contributed by atoms with Gasteiger partial charge in [-0.1, -0.05) is 6.92 Å². The lowest BCUT2D eigenvalue weighted by molar-refractivity contribution is 0.0628. The monoisotopic (exact) mass is 313 g/mol. The van der Waals surface area contributed by atoms with Crippen LogP contribution in [0.15, 0.2) is 23.1 Å². The largest absolute Gasteiger partial charge is 0.486 e. The Morgan fingerprint density at radius 2 is 1.95 bits per heavy atom. The molecule has 1 saturated heterocycles. The van der Waals surface area contributed by atoms with Crippen molar-refractivity contribution in [2.45, 2.75) is 24.3 Å². The van der Waals surface area contributed by atoms with Crippen molar-refractivity contribution in [2.75, 3.05) is 26.3 Å². The van der Waals surface area contributed by atoms with Crippen molar-refractivity contribution >= 4 is 10.0 Å². The van der Waals surface area contributed by atoms with E-state index >= 15 is 0 Å². The van der Waals surface area contributed by atoms with Crippen LogP contribution in [0.1, 0.15) is 13.3 Å². The summed E-state index contributed by atoms with van der Waals surface area (Å²) in [5, 5.41) is 9.73. The predicted molar refractivity (Wildman–Crippen MR) is 76.0 cm³/mol. The van der Waals surface area contributed by atoms with Gasteiger partial charge in [-0.2, -0.15) is 4.31 Å². The van der Waals surface area contributed by atoms with E-state index in [2.05, 4.69) is 0 Å². The molecular weight excluding hydrogens is 294 g/mol. The highest BCUT2D eigenvalue weighted by molar-refractivity contribution is 7.89. The number of nitrogens with zero attached hydrogens (tertiary/aromatic N) is 1. The topological polar surface area (TPSA) is 76.1 Å². The van der Waals surface area contributed by atoms with E-state index in [1.165, 1.54) is 10.4 Å². The molecule has 1 aromatic rings. The van der Waals surface area contributed by atoms with Crippen LogP contribution in [0.5, 0.6) is 11.5 Å². The number of piperidine rings is 1. The molecule has 2 heterocycles. The summed E-state index contributed by atoms with van der Waals surface area (Å²) in [5.41, 5.74) is 0. The maximum absolute atomic E-state index is 12.7. The first kappa shape index (κ1) is 14.6. The number of aliphatic hydroxyl groups excluding tert-OH is 1. The summed E-state index contributed by atoms with van der Waals surface area (Å²) in [4.78, 5) is 0.204. The standard InChI is InChI=1S/C14H19NO5S/c1-10-9-15(5-4-12(10)16)21(17,18)11-2-3-13-14(8-11)20-7-6-19-13/h2-3,8,10,12,16H,4-7,9H2,1H3. The molecule has 2 aliphatic heterocycles. The molecule has 3 rings (SSSR count). The minimum Gasteiger partial charge on any atom is -0.486 e. The van der Waals surface area contributed by atoms with Crippen LogP contribution in [0.2, 0.25) is 0 Å². The fourth-order valence-electron chi connectivity index (χ4n) is 2.65. The highest BCUT2D eigenvalue weighted by atomic mass is 32.2. The summed E-state index contributed by atoms with van der Waals surface area (Å²) < 4.78 is 37.6. The van der Waals surface area contributed by atoms with Crippen LogP contribution in [0.4, 0.5) is 0 Å². The molecule has 0 aliphatic carbocycles. The van der Waals surface area contributed by atoms with Crippen LogP contribution in [-0.2, 0) is 10.0 Å². The fourth-order valence-corrected chi connectivity index (χ4v) is 4.22. The van der Waals surface area contributed by atoms with Crippen LogP contribution in [0.25, 0.3) is 0 Å². The second-order valence-electron chi connectivity index (χ2n) is 5.50. The van der Waals surface area contributed by atoms with Crippen LogP contribution in [-0.4, -0.2) is 50.2 Å². The van der Waals surface area contributed by atoms with Gasteiger partial charge in [0, 0.05) is 19.2 Å². The first-order chi connectivity index (χ1) is 9.98. The van der Waals surface area contributed by atoms with E-state index < -0.39 is 16.1 Å². The normalized spacial score (nSPS) is 26.6. The van der Waals surface area contributed by atoms with Crippen molar-refractivity contribution < 1.29 is 23.0 Å². The molecule has 7 heteroatoms. The van der Waals surface area contributed by atoms with Gasteiger partial charge in [-0.05, 0) is 24.5 Å². The second kappa shape index (κ2) is 5.47. The average molecular weight is 313 g/mol. The molecule has 1 fully saturated rings. The van der Waals surface area contributed by atoms with E-state index in [0.717, 1.165) is 0 Å². The predicted octanol–water partition coefficient (Wildman–Crippen LogP) is 0.849. The molecule has 0 aromatic heterocycles. The minimum atomic E-state index is -3.57. The molecule has 116 valence electrons. The zero-order valence-electron chi connectivity index (χ0n) is 11.9. The first-order valence-corrected chi connectivity index (χ1v) is 8.50. The number of hydrogen-bond donors (Lipinski definition) is 1. The summed E-state index contributed by atoms with van der Waals surface area (Å²) in [6.45, 7) is 3.42.